The van der Waals surface area contributed by atoms with Gasteiger partial charge in [-0.05, 0) is 50.2 Å². The van der Waals surface area contributed by atoms with Crippen molar-refractivity contribution in [2.24, 2.45) is 0 Å². The molecule has 0 saturated heterocycles. The van der Waals surface area contributed by atoms with Gasteiger partial charge in [0.1, 0.15) is 0 Å². The van der Waals surface area contributed by atoms with Gasteiger partial charge < -0.3 is 19.9 Å². The molecule has 0 bridgehead atoms. The Balaban J connectivity index is 1.91. The lowest BCUT2D eigenvalue weighted by Gasteiger charge is -2.23. The van der Waals surface area contributed by atoms with Gasteiger partial charge in [-0.3, -0.25) is 9.78 Å². The summed E-state index contributed by atoms with van der Waals surface area (Å²) < 4.78 is 10.4. The molecule has 0 spiro atoms. The number of aliphatic carboxylic acids is 1. The van der Waals surface area contributed by atoms with Crippen molar-refractivity contribution in [1.29, 1.82) is 0 Å². The second-order valence-corrected chi connectivity index (χ2v) is 7.46. The summed E-state index contributed by atoms with van der Waals surface area (Å²) in [4.78, 5) is 54.3. The van der Waals surface area contributed by atoms with Gasteiger partial charge in [-0.2, -0.15) is 0 Å². The Morgan fingerprint density at radius 2 is 1.38 bits per heavy atom. The van der Waals surface area contributed by atoms with E-state index >= 15 is 0 Å². The van der Waals surface area contributed by atoms with Gasteiger partial charge in [0.2, 0.25) is 12.2 Å². The van der Waals surface area contributed by atoms with Crippen LogP contribution < -0.4 is 5.32 Å². The molecule has 0 aliphatic rings. The van der Waals surface area contributed by atoms with Crippen molar-refractivity contribution in [3.63, 3.8) is 0 Å². The van der Waals surface area contributed by atoms with Crippen LogP contribution in [0.1, 0.15) is 31.8 Å². The van der Waals surface area contributed by atoms with Gasteiger partial charge in [-0.15, -0.1) is 0 Å². The summed E-state index contributed by atoms with van der Waals surface area (Å²) in [5.74, 6) is -4.60. The summed E-state index contributed by atoms with van der Waals surface area (Å²) >= 11 is 0. The van der Waals surface area contributed by atoms with Gasteiger partial charge >= 0.3 is 17.9 Å². The van der Waals surface area contributed by atoms with Crippen LogP contribution in [0.25, 0.3) is 0 Å². The molecule has 9 heteroatoms. The molecule has 174 valence electrons. The molecule has 1 aromatic heterocycles. The highest BCUT2D eigenvalue weighted by Crippen LogP contribution is 2.16. The molecule has 34 heavy (non-hydrogen) atoms. The molecule has 0 aliphatic heterocycles. The fourth-order valence-corrected chi connectivity index (χ4v) is 3.06. The predicted molar refractivity (Wildman–Crippen MR) is 121 cm³/mol. The second-order valence-electron chi connectivity index (χ2n) is 7.46. The highest BCUT2D eigenvalue weighted by molar-refractivity contribution is 6.01. The van der Waals surface area contributed by atoms with E-state index < -0.39 is 36.0 Å². The summed E-state index contributed by atoms with van der Waals surface area (Å²) in [6.07, 6.45) is -1.29. The van der Waals surface area contributed by atoms with E-state index in [9.17, 15) is 24.3 Å². The number of benzene rings is 2. The first-order valence-corrected chi connectivity index (χ1v) is 10.2. The molecule has 3 rings (SSSR count). The third kappa shape index (κ3) is 6.26. The number of aromatic nitrogens is 1. The SMILES string of the molecule is Cc1cccc(C(=O)O[C@@H](C(=O)O)[C@@H](OC(=O)c2cccc(C)c2)C(=O)Nc2cccnc2)c1. The number of carbonyl (C=O) groups is 4. The number of amides is 1. The summed E-state index contributed by atoms with van der Waals surface area (Å²) in [6.45, 7) is 3.51. The number of carboxylic acid groups (broad SMARTS) is 1. The Bertz CT molecular complexity index is 1210. The van der Waals surface area contributed by atoms with E-state index in [1.54, 1.807) is 44.2 Å². The number of carboxylic acids is 1. The summed E-state index contributed by atoms with van der Waals surface area (Å²) in [5.41, 5.74) is 1.93. The molecule has 0 radical (unpaired) electrons. The summed E-state index contributed by atoms with van der Waals surface area (Å²) in [6, 6.07) is 15.7. The topological polar surface area (TPSA) is 132 Å². The maximum absolute atomic E-state index is 13.0. The van der Waals surface area contributed by atoms with Crippen molar-refractivity contribution in [2.75, 3.05) is 5.32 Å². The van der Waals surface area contributed by atoms with Gasteiger partial charge in [-0.1, -0.05) is 35.4 Å². The van der Waals surface area contributed by atoms with Crippen LogP contribution in [0.5, 0.6) is 0 Å². The van der Waals surface area contributed by atoms with E-state index in [1.807, 2.05) is 0 Å². The molecule has 9 nitrogen and oxygen atoms in total. The fourth-order valence-electron chi connectivity index (χ4n) is 3.06. The van der Waals surface area contributed by atoms with Gasteiger partial charge in [0.15, 0.2) is 0 Å². The van der Waals surface area contributed by atoms with Crippen molar-refractivity contribution < 1.29 is 33.8 Å². The maximum atomic E-state index is 13.0. The summed E-state index contributed by atoms with van der Waals surface area (Å²) in [5, 5.41) is 12.2. The van der Waals surface area contributed by atoms with E-state index in [2.05, 4.69) is 10.3 Å². The summed E-state index contributed by atoms with van der Waals surface area (Å²) in [7, 11) is 0. The molecule has 1 heterocycles. The lowest BCUT2D eigenvalue weighted by Crippen LogP contribution is -2.48. The number of rotatable bonds is 8. The number of carbonyl (C=O) groups excluding carboxylic acids is 3. The zero-order chi connectivity index (χ0) is 24.7. The highest BCUT2D eigenvalue weighted by Gasteiger charge is 2.41. The molecule has 2 atom stereocenters. The third-order valence-corrected chi connectivity index (χ3v) is 4.68. The lowest BCUT2D eigenvalue weighted by atomic mass is 10.1. The molecule has 3 aromatic rings. The van der Waals surface area contributed by atoms with Crippen molar-refractivity contribution in [3.8, 4) is 0 Å². The number of ether oxygens (including phenoxy) is 2. The standard InChI is InChI=1S/C25H22N2O7/c1-15-6-3-8-17(12-15)24(31)33-20(22(28)27-19-10-5-11-26-14-19)21(23(29)30)34-25(32)18-9-4-7-16(2)13-18/h3-14,20-21H,1-2H3,(H,27,28)(H,29,30)/t20-,21-/m1/s1. The van der Waals surface area contributed by atoms with E-state index in [-0.39, 0.29) is 16.8 Å². The molecule has 2 N–H and O–H groups in total. The number of esters is 2. The maximum Gasteiger partial charge on any atom is 0.349 e. The first-order valence-electron chi connectivity index (χ1n) is 10.2. The number of pyridine rings is 1. The van der Waals surface area contributed by atoms with Crippen molar-refractivity contribution in [3.05, 3.63) is 95.3 Å². The average Bonchev–Trinajstić information content (AvgIpc) is 2.81. The molecule has 2 aromatic carbocycles. The molecular weight excluding hydrogens is 440 g/mol. The van der Waals surface area contributed by atoms with Crippen LogP contribution in [0.3, 0.4) is 0 Å². The minimum atomic E-state index is -2.11. The van der Waals surface area contributed by atoms with E-state index in [1.165, 1.54) is 42.7 Å². The monoisotopic (exact) mass is 462 g/mol. The predicted octanol–water partition coefficient (Wildman–Crippen LogP) is 3.17. The van der Waals surface area contributed by atoms with Gasteiger partial charge in [0.05, 0.1) is 23.0 Å². The van der Waals surface area contributed by atoms with Crippen LogP contribution in [0.15, 0.2) is 73.1 Å². The minimum absolute atomic E-state index is 0.0858. The largest absolute Gasteiger partial charge is 0.478 e. The highest BCUT2D eigenvalue weighted by atomic mass is 16.6. The third-order valence-electron chi connectivity index (χ3n) is 4.68. The first-order chi connectivity index (χ1) is 16.2. The molecule has 1 amide bonds. The van der Waals surface area contributed by atoms with Crippen LogP contribution in [-0.4, -0.2) is 46.1 Å². The van der Waals surface area contributed by atoms with Crippen molar-refractivity contribution >= 4 is 29.5 Å². The fraction of sp³-hybridized carbons (Fsp3) is 0.160. The zero-order valence-corrected chi connectivity index (χ0v) is 18.4. The van der Waals surface area contributed by atoms with Crippen molar-refractivity contribution in [1.82, 2.24) is 4.98 Å². The van der Waals surface area contributed by atoms with Gasteiger partial charge in [0, 0.05) is 6.20 Å². The smallest absolute Gasteiger partial charge is 0.349 e. The molecular formula is C25H22N2O7. The van der Waals surface area contributed by atoms with Crippen LogP contribution in [0.4, 0.5) is 5.69 Å². The second kappa shape index (κ2) is 10.9. The lowest BCUT2D eigenvalue weighted by molar-refractivity contribution is -0.157. The molecule has 0 saturated carbocycles. The van der Waals surface area contributed by atoms with Crippen LogP contribution in [-0.2, 0) is 19.1 Å². The average molecular weight is 462 g/mol. The van der Waals surface area contributed by atoms with E-state index in [0.29, 0.717) is 0 Å². The van der Waals surface area contributed by atoms with Crippen LogP contribution in [0, 0.1) is 13.8 Å². The quantitative estimate of drug-likeness (QED) is 0.488. The van der Waals surface area contributed by atoms with Crippen LogP contribution in [0.2, 0.25) is 0 Å². The first kappa shape index (κ1) is 24.1. The Morgan fingerprint density at radius 1 is 0.824 bits per heavy atom. The van der Waals surface area contributed by atoms with Crippen molar-refractivity contribution in [2.45, 2.75) is 26.1 Å². The Kier molecular flexibility index (Phi) is 7.71. The Morgan fingerprint density at radius 3 is 1.85 bits per heavy atom. The Labute approximate surface area is 195 Å². The number of hydrogen-bond acceptors (Lipinski definition) is 7. The number of nitrogens with one attached hydrogen (secondary N) is 1. The van der Waals surface area contributed by atoms with Gasteiger partial charge in [0.25, 0.3) is 5.91 Å². The number of hydrogen-bond donors (Lipinski definition) is 2. The van der Waals surface area contributed by atoms with E-state index in [4.69, 9.17) is 9.47 Å². The number of nitrogens with zero attached hydrogens (tertiary/aromatic N) is 1. The molecule has 0 unspecified atom stereocenters. The van der Waals surface area contributed by atoms with E-state index in [0.717, 1.165) is 11.1 Å². The molecule has 0 fully saturated rings. The molecule has 0 aliphatic carbocycles. The number of aryl methyl sites for hydroxylation is 2. The van der Waals surface area contributed by atoms with Gasteiger partial charge in [-0.25, -0.2) is 14.4 Å². The Hall–Kier alpha value is -4.53. The zero-order valence-electron chi connectivity index (χ0n) is 18.4. The minimum Gasteiger partial charge on any atom is -0.478 e. The number of anilines is 1. The van der Waals surface area contributed by atoms with Crippen LogP contribution >= 0.6 is 0 Å². The normalized spacial score (nSPS) is 12.2.